The summed E-state index contributed by atoms with van der Waals surface area (Å²) in [6.07, 6.45) is 10.5. The maximum atomic E-state index is 4.35. The summed E-state index contributed by atoms with van der Waals surface area (Å²) in [5.74, 6) is 4.02. The smallest absolute Gasteiger partial charge is 0.0200 e. The van der Waals surface area contributed by atoms with E-state index < -0.39 is 0 Å². The van der Waals surface area contributed by atoms with E-state index in [1.165, 1.54) is 38.5 Å². The number of allylic oxidation sites excluding steroid dienone is 1. The Labute approximate surface area is 81.4 Å². The Balaban J connectivity index is 1.94. The summed E-state index contributed by atoms with van der Waals surface area (Å²) in [5, 5.41) is 0. The Kier molecular flexibility index (Phi) is 1.78. The van der Waals surface area contributed by atoms with Crippen molar-refractivity contribution in [2.24, 2.45) is 23.7 Å². The molecule has 0 saturated heterocycles. The Bertz CT molecular complexity index is 208. The zero-order valence-corrected chi connectivity index (χ0v) is 8.47. The van der Waals surface area contributed by atoms with Crippen LogP contribution in [0.2, 0.25) is 0 Å². The topological polar surface area (TPSA) is 0 Å². The normalized spacial score (nSPS) is 49.1. The number of hydrogen-bond donors (Lipinski definition) is 0. The van der Waals surface area contributed by atoms with E-state index in [1.54, 1.807) is 12.0 Å². The van der Waals surface area contributed by atoms with E-state index >= 15 is 0 Å². The van der Waals surface area contributed by atoms with Crippen LogP contribution in [-0.4, -0.2) is 0 Å². The molecule has 0 heteroatoms. The monoisotopic (exact) mass is 176 g/mol. The summed E-state index contributed by atoms with van der Waals surface area (Å²) in [6.45, 7) is 4.35. The third-order valence-electron chi connectivity index (χ3n) is 4.80. The lowest BCUT2D eigenvalue weighted by Crippen LogP contribution is -2.23. The van der Waals surface area contributed by atoms with Crippen molar-refractivity contribution in [1.82, 2.24) is 0 Å². The molecule has 0 aromatic rings. The summed E-state index contributed by atoms with van der Waals surface area (Å²) in [4.78, 5) is 0. The van der Waals surface area contributed by atoms with Gasteiger partial charge >= 0.3 is 0 Å². The first-order valence-corrected chi connectivity index (χ1v) is 6.01. The summed E-state index contributed by atoms with van der Waals surface area (Å²) in [6, 6.07) is 0. The van der Waals surface area contributed by atoms with Gasteiger partial charge in [-0.1, -0.05) is 12.2 Å². The van der Waals surface area contributed by atoms with Crippen molar-refractivity contribution in [2.45, 2.75) is 44.9 Å². The number of hydrogen-bond acceptors (Lipinski definition) is 0. The van der Waals surface area contributed by atoms with Gasteiger partial charge in [-0.05, 0) is 68.6 Å². The summed E-state index contributed by atoms with van der Waals surface area (Å²) < 4.78 is 0. The SMILES string of the molecule is C=C1C2CCC3CCC1CC(C3)C2. The van der Waals surface area contributed by atoms with Gasteiger partial charge in [-0.15, -0.1) is 0 Å². The average molecular weight is 176 g/mol. The zero-order valence-electron chi connectivity index (χ0n) is 8.47. The lowest BCUT2D eigenvalue weighted by molar-refractivity contribution is 0.277. The van der Waals surface area contributed by atoms with Gasteiger partial charge in [0.05, 0.1) is 0 Å². The van der Waals surface area contributed by atoms with Crippen LogP contribution in [0.1, 0.15) is 44.9 Å². The van der Waals surface area contributed by atoms with E-state index in [0.29, 0.717) is 0 Å². The molecule has 13 heavy (non-hydrogen) atoms. The molecule has 72 valence electrons. The van der Waals surface area contributed by atoms with Crippen molar-refractivity contribution >= 4 is 0 Å². The van der Waals surface area contributed by atoms with Gasteiger partial charge in [0.2, 0.25) is 0 Å². The van der Waals surface area contributed by atoms with Gasteiger partial charge in [0.25, 0.3) is 0 Å². The number of rotatable bonds is 0. The molecule has 2 atom stereocenters. The molecule has 0 N–H and O–H groups in total. The van der Waals surface area contributed by atoms with Crippen molar-refractivity contribution in [2.75, 3.05) is 0 Å². The minimum atomic E-state index is 0.925. The summed E-state index contributed by atoms with van der Waals surface area (Å²) in [7, 11) is 0. The third kappa shape index (κ3) is 1.26. The molecule has 0 heterocycles. The van der Waals surface area contributed by atoms with Crippen LogP contribution in [0.5, 0.6) is 0 Å². The molecule has 3 aliphatic carbocycles. The van der Waals surface area contributed by atoms with Crippen LogP contribution >= 0.6 is 0 Å². The molecule has 3 fully saturated rings. The molecule has 3 saturated carbocycles. The van der Waals surface area contributed by atoms with Gasteiger partial charge in [0, 0.05) is 0 Å². The first-order valence-electron chi connectivity index (χ1n) is 6.01. The molecule has 0 radical (unpaired) electrons. The minimum Gasteiger partial charge on any atom is -0.0993 e. The van der Waals surface area contributed by atoms with Crippen molar-refractivity contribution in [3.8, 4) is 0 Å². The van der Waals surface area contributed by atoms with E-state index in [1.807, 2.05) is 0 Å². The second kappa shape index (κ2) is 2.87. The highest BCUT2D eigenvalue weighted by Crippen LogP contribution is 2.50. The standard InChI is InChI=1S/C13H20/c1-9-12-4-2-10-3-5-13(9)8-11(6-10)7-12/h10-13H,1-8H2. The molecule has 3 rings (SSSR count). The van der Waals surface area contributed by atoms with Crippen LogP contribution in [0.3, 0.4) is 0 Å². The highest BCUT2D eigenvalue weighted by Gasteiger charge is 2.38. The highest BCUT2D eigenvalue weighted by atomic mass is 14.4. The first-order chi connectivity index (χ1) is 6.33. The van der Waals surface area contributed by atoms with Gasteiger partial charge in [-0.3, -0.25) is 0 Å². The molecule has 0 aliphatic heterocycles. The van der Waals surface area contributed by atoms with Crippen LogP contribution in [-0.2, 0) is 0 Å². The van der Waals surface area contributed by atoms with Crippen molar-refractivity contribution in [3.05, 3.63) is 12.2 Å². The Hall–Kier alpha value is -0.260. The molecule has 0 nitrogen and oxygen atoms in total. The van der Waals surface area contributed by atoms with Gasteiger partial charge in [-0.2, -0.15) is 0 Å². The molecular formula is C13H20. The van der Waals surface area contributed by atoms with Gasteiger partial charge in [-0.25, -0.2) is 0 Å². The fraction of sp³-hybridized carbons (Fsp3) is 0.846. The van der Waals surface area contributed by atoms with Gasteiger partial charge in [0.15, 0.2) is 0 Å². The average Bonchev–Trinajstić information content (AvgIpc) is 2.41. The molecule has 3 aliphatic rings. The van der Waals surface area contributed by atoms with Gasteiger partial charge < -0.3 is 0 Å². The van der Waals surface area contributed by atoms with Crippen LogP contribution in [0.4, 0.5) is 0 Å². The maximum absolute atomic E-state index is 4.35. The second-order valence-electron chi connectivity index (χ2n) is 5.56. The van der Waals surface area contributed by atoms with Crippen molar-refractivity contribution < 1.29 is 0 Å². The van der Waals surface area contributed by atoms with E-state index in [-0.39, 0.29) is 0 Å². The highest BCUT2D eigenvalue weighted by molar-refractivity contribution is 5.12. The molecule has 2 unspecified atom stereocenters. The maximum Gasteiger partial charge on any atom is -0.0200 e. The zero-order chi connectivity index (χ0) is 8.84. The number of fused-ring (bicyclic) bond motifs is 3. The van der Waals surface area contributed by atoms with Crippen LogP contribution in [0.15, 0.2) is 12.2 Å². The molecular weight excluding hydrogens is 156 g/mol. The minimum absolute atomic E-state index is 0.925. The lowest BCUT2D eigenvalue weighted by atomic mass is 9.71. The Morgan fingerprint density at radius 1 is 0.769 bits per heavy atom. The molecule has 0 aromatic carbocycles. The predicted octanol–water partition coefficient (Wildman–Crippen LogP) is 3.78. The molecule has 0 amide bonds. The summed E-state index contributed by atoms with van der Waals surface area (Å²) in [5.41, 5.74) is 1.64. The Morgan fingerprint density at radius 2 is 1.38 bits per heavy atom. The molecule has 0 spiro atoms. The fourth-order valence-corrected chi connectivity index (χ4v) is 4.06. The fourth-order valence-electron chi connectivity index (χ4n) is 4.06. The van der Waals surface area contributed by atoms with Crippen LogP contribution in [0.25, 0.3) is 0 Å². The van der Waals surface area contributed by atoms with E-state index in [2.05, 4.69) is 6.58 Å². The lowest BCUT2D eigenvalue weighted by Gasteiger charge is -2.35. The summed E-state index contributed by atoms with van der Waals surface area (Å²) >= 11 is 0. The van der Waals surface area contributed by atoms with Crippen molar-refractivity contribution in [1.29, 1.82) is 0 Å². The largest absolute Gasteiger partial charge is 0.0993 e. The second-order valence-corrected chi connectivity index (χ2v) is 5.56. The molecule has 4 bridgehead atoms. The Morgan fingerprint density at radius 3 is 2.00 bits per heavy atom. The van der Waals surface area contributed by atoms with E-state index in [0.717, 1.165) is 23.7 Å². The van der Waals surface area contributed by atoms with Crippen LogP contribution in [0, 0.1) is 23.7 Å². The van der Waals surface area contributed by atoms with E-state index in [9.17, 15) is 0 Å². The van der Waals surface area contributed by atoms with Gasteiger partial charge in [0.1, 0.15) is 0 Å². The first kappa shape index (κ1) is 8.08. The third-order valence-corrected chi connectivity index (χ3v) is 4.80. The molecule has 0 aromatic heterocycles. The predicted molar refractivity (Wildman–Crippen MR) is 55.4 cm³/mol. The quantitative estimate of drug-likeness (QED) is 0.493. The van der Waals surface area contributed by atoms with E-state index in [4.69, 9.17) is 0 Å². The van der Waals surface area contributed by atoms with Crippen molar-refractivity contribution in [3.63, 3.8) is 0 Å². The van der Waals surface area contributed by atoms with Crippen LogP contribution < -0.4 is 0 Å².